The number of methoxy groups -OCH3 is 1. The van der Waals surface area contributed by atoms with Gasteiger partial charge in [0.1, 0.15) is 0 Å². The minimum Gasteiger partial charge on any atom is -0.396 e. The molecular formula is C10H21NO3. The van der Waals surface area contributed by atoms with Crippen molar-refractivity contribution in [3.05, 3.63) is 0 Å². The maximum atomic E-state index is 9.36. The third-order valence-corrected chi connectivity index (χ3v) is 2.84. The topological polar surface area (TPSA) is 61.7 Å². The van der Waals surface area contributed by atoms with Crippen LogP contribution in [0.15, 0.2) is 0 Å². The molecular weight excluding hydrogens is 182 g/mol. The second-order valence-electron chi connectivity index (χ2n) is 4.21. The summed E-state index contributed by atoms with van der Waals surface area (Å²) in [6.45, 7) is 2.11. The van der Waals surface area contributed by atoms with Gasteiger partial charge in [-0.15, -0.1) is 0 Å². The Balaban J connectivity index is 2.03. The summed E-state index contributed by atoms with van der Waals surface area (Å²) in [5.41, 5.74) is 0.321. The Morgan fingerprint density at radius 2 is 2.21 bits per heavy atom. The maximum absolute atomic E-state index is 9.36. The van der Waals surface area contributed by atoms with Crippen molar-refractivity contribution >= 4 is 0 Å². The van der Waals surface area contributed by atoms with Gasteiger partial charge in [0.15, 0.2) is 0 Å². The number of aliphatic hydroxyl groups is 2. The minimum absolute atomic E-state index is 0.266. The second-order valence-corrected chi connectivity index (χ2v) is 4.21. The van der Waals surface area contributed by atoms with E-state index in [2.05, 4.69) is 5.32 Å². The van der Waals surface area contributed by atoms with E-state index in [1.807, 2.05) is 0 Å². The normalized spacial score (nSPS) is 20.8. The lowest BCUT2D eigenvalue weighted by atomic mass is 10.0. The highest BCUT2D eigenvalue weighted by molar-refractivity contribution is 4.94. The molecule has 0 amide bonds. The molecule has 1 rings (SSSR count). The predicted molar refractivity (Wildman–Crippen MR) is 54.1 cm³/mol. The van der Waals surface area contributed by atoms with Crippen LogP contribution in [0.3, 0.4) is 0 Å². The Hall–Kier alpha value is -0.160. The lowest BCUT2D eigenvalue weighted by Crippen LogP contribution is -2.34. The van der Waals surface area contributed by atoms with E-state index in [9.17, 15) is 5.11 Å². The standard InChI is InChI=1S/C10H21NO3/c1-14-7-9(13)6-11-8-10(2-3-10)4-5-12/h9,11-13H,2-8H2,1H3. The fourth-order valence-corrected chi connectivity index (χ4v) is 1.68. The molecule has 0 spiro atoms. The zero-order chi connectivity index (χ0) is 10.4. The summed E-state index contributed by atoms with van der Waals surface area (Å²) in [5.74, 6) is 0. The second kappa shape index (κ2) is 5.66. The molecule has 1 aliphatic rings. The van der Waals surface area contributed by atoms with Crippen molar-refractivity contribution < 1.29 is 14.9 Å². The summed E-state index contributed by atoms with van der Waals surface area (Å²) >= 11 is 0. The van der Waals surface area contributed by atoms with Crippen LogP contribution in [0.4, 0.5) is 0 Å². The van der Waals surface area contributed by atoms with Crippen LogP contribution in [-0.2, 0) is 4.74 Å². The van der Waals surface area contributed by atoms with E-state index in [1.165, 1.54) is 12.8 Å². The van der Waals surface area contributed by atoms with Gasteiger partial charge in [0, 0.05) is 26.8 Å². The maximum Gasteiger partial charge on any atom is 0.0897 e. The van der Waals surface area contributed by atoms with Crippen LogP contribution in [0.5, 0.6) is 0 Å². The van der Waals surface area contributed by atoms with Crippen LogP contribution in [0.25, 0.3) is 0 Å². The van der Waals surface area contributed by atoms with Crippen LogP contribution < -0.4 is 5.32 Å². The van der Waals surface area contributed by atoms with Gasteiger partial charge < -0.3 is 20.3 Å². The van der Waals surface area contributed by atoms with E-state index in [0.29, 0.717) is 18.6 Å². The molecule has 0 heterocycles. The fourth-order valence-electron chi connectivity index (χ4n) is 1.68. The van der Waals surface area contributed by atoms with Gasteiger partial charge in [-0.3, -0.25) is 0 Å². The quantitative estimate of drug-likeness (QED) is 0.509. The fraction of sp³-hybridized carbons (Fsp3) is 1.00. The summed E-state index contributed by atoms with van der Waals surface area (Å²) in [4.78, 5) is 0. The molecule has 0 saturated heterocycles. The highest BCUT2D eigenvalue weighted by Crippen LogP contribution is 2.47. The molecule has 14 heavy (non-hydrogen) atoms. The number of ether oxygens (including phenoxy) is 1. The van der Waals surface area contributed by atoms with E-state index in [-0.39, 0.29) is 6.61 Å². The molecule has 4 nitrogen and oxygen atoms in total. The smallest absolute Gasteiger partial charge is 0.0897 e. The van der Waals surface area contributed by atoms with E-state index >= 15 is 0 Å². The van der Waals surface area contributed by atoms with Crippen molar-refractivity contribution in [1.29, 1.82) is 0 Å². The van der Waals surface area contributed by atoms with E-state index in [4.69, 9.17) is 9.84 Å². The van der Waals surface area contributed by atoms with Crippen molar-refractivity contribution in [3.8, 4) is 0 Å². The largest absolute Gasteiger partial charge is 0.396 e. The first-order chi connectivity index (χ1) is 6.72. The predicted octanol–water partition coefficient (Wildman–Crippen LogP) is -0.254. The summed E-state index contributed by atoms with van der Waals surface area (Å²) < 4.78 is 4.82. The lowest BCUT2D eigenvalue weighted by Gasteiger charge is -2.16. The van der Waals surface area contributed by atoms with Gasteiger partial charge in [-0.25, -0.2) is 0 Å². The van der Waals surface area contributed by atoms with Crippen molar-refractivity contribution in [2.45, 2.75) is 25.4 Å². The number of aliphatic hydroxyl groups excluding tert-OH is 2. The Morgan fingerprint density at radius 1 is 1.50 bits per heavy atom. The zero-order valence-electron chi connectivity index (χ0n) is 8.83. The average Bonchev–Trinajstić information content (AvgIpc) is 2.86. The SMILES string of the molecule is COCC(O)CNCC1(CCO)CC1. The molecule has 3 N–H and O–H groups in total. The number of hydrogen-bond acceptors (Lipinski definition) is 4. The van der Waals surface area contributed by atoms with Crippen LogP contribution in [-0.4, -0.2) is 49.7 Å². The van der Waals surface area contributed by atoms with Crippen molar-refractivity contribution in [1.82, 2.24) is 5.32 Å². The summed E-state index contributed by atoms with van der Waals surface area (Å²) in [6.07, 6.45) is 2.84. The van der Waals surface area contributed by atoms with Crippen LogP contribution in [0.1, 0.15) is 19.3 Å². The van der Waals surface area contributed by atoms with Gasteiger partial charge in [-0.1, -0.05) is 0 Å². The molecule has 84 valence electrons. The summed E-state index contributed by atoms with van der Waals surface area (Å²) in [5, 5.41) is 21.4. The third kappa shape index (κ3) is 3.92. The molecule has 0 aromatic carbocycles. The Kier molecular flexibility index (Phi) is 4.81. The molecule has 1 atom stereocenters. The molecule has 1 saturated carbocycles. The number of hydrogen-bond donors (Lipinski definition) is 3. The minimum atomic E-state index is -0.426. The van der Waals surface area contributed by atoms with Gasteiger partial charge in [0.25, 0.3) is 0 Å². The molecule has 0 aliphatic heterocycles. The molecule has 4 heteroatoms. The van der Waals surface area contributed by atoms with Crippen LogP contribution >= 0.6 is 0 Å². The number of nitrogens with one attached hydrogen (secondary N) is 1. The molecule has 0 aromatic heterocycles. The van der Waals surface area contributed by atoms with Gasteiger partial charge >= 0.3 is 0 Å². The van der Waals surface area contributed by atoms with E-state index in [1.54, 1.807) is 7.11 Å². The van der Waals surface area contributed by atoms with Crippen molar-refractivity contribution in [2.24, 2.45) is 5.41 Å². The summed E-state index contributed by atoms with van der Waals surface area (Å²) in [7, 11) is 1.58. The molecule has 1 unspecified atom stereocenters. The third-order valence-electron chi connectivity index (χ3n) is 2.84. The van der Waals surface area contributed by atoms with E-state index in [0.717, 1.165) is 13.0 Å². The van der Waals surface area contributed by atoms with E-state index < -0.39 is 6.10 Å². The first-order valence-corrected chi connectivity index (χ1v) is 5.21. The molecule has 0 bridgehead atoms. The Labute approximate surface area is 85.3 Å². The monoisotopic (exact) mass is 203 g/mol. The van der Waals surface area contributed by atoms with Gasteiger partial charge in [-0.2, -0.15) is 0 Å². The first kappa shape index (κ1) is 11.9. The molecule has 1 aliphatic carbocycles. The zero-order valence-corrected chi connectivity index (χ0v) is 8.83. The Bertz CT molecular complexity index is 159. The lowest BCUT2D eigenvalue weighted by molar-refractivity contribution is 0.0635. The van der Waals surface area contributed by atoms with Gasteiger partial charge in [0.2, 0.25) is 0 Å². The van der Waals surface area contributed by atoms with Gasteiger partial charge in [0.05, 0.1) is 12.7 Å². The van der Waals surface area contributed by atoms with Gasteiger partial charge in [-0.05, 0) is 24.7 Å². The number of rotatable bonds is 8. The highest BCUT2D eigenvalue weighted by Gasteiger charge is 2.41. The molecule has 0 aromatic rings. The highest BCUT2D eigenvalue weighted by atomic mass is 16.5. The van der Waals surface area contributed by atoms with Crippen molar-refractivity contribution in [2.75, 3.05) is 33.4 Å². The van der Waals surface area contributed by atoms with Crippen LogP contribution in [0, 0.1) is 5.41 Å². The summed E-state index contributed by atoms with van der Waals surface area (Å²) in [6, 6.07) is 0. The molecule has 1 fully saturated rings. The Morgan fingerprint density at radius 3 is 2.71 bits per heavy atom. The average molecular weight is 203 g/mol. The molecule has 0 radical (unpaired) electrons. The van der Waals surface area contributed by atoms with Crippen LogP contribution in [0.2, 0.25) is 0 Å². The first-order valence-electron chi connectivity index (χ1n) is 5.21. The van der Waals surface area contributed by atoms with Crippen molar-refractivity contribution in [3.63, 3.8) is 0 Å².